The molecule has 7 heteroatoms. The van der Waals surface area contributed by atoms with Gasteiger partial charge in [0.2, 0.25) is 0 Å². The fourth-order valence-electron chi connectivity index (χ4n) is 1.29. The Kier molecular flexibility index (Phi) is 3.60. The maximum absolute atomic E-state index is 11.9. The van der Waals surface area contributed by atoms with Gasteiger partial charge < -0.3 is 10.4 Å². The molecule has 0 saturated carbocycles. The van der Waals surface area contributed by atoms with Crippen LogP contribution in [0.15, 0.2) is 35.1 Å². The van der Waals surface area contributed by atoms with Crippen LogP contribution in [-0.2, 0) is 0 Å². The molecular weight excluding hydrogens is 349 g/mol. The molecule has 0 unspecified atom stereocenters. The maximum Gasteiger partial charge on any atom is 0.264 e. The highest BCUT2D eigenvalue weighted by Gasteiger charge is 2.12. The van der Waals surface area contributed by atoms with Crippen molar-refractivity contribution < 1.29 is 9.90 Å². The monoisotopic (exact) mass is 357 g/mol. The largest absolute Gasteiger partial charge is 0.507 e. The van der Waals surface area contributed by atoms with E-state index >= 15 is 0 Å². The number of carbonyl (C=O) groups is 1. The second kappa shape index (κ2) is 5.17. The van der Waals surface area contributed by atoms with Crippen LogP contribution in [0.5, 0.6) is 5.75 Å². The van der Waals surface area contributed by atoms with Crippen LogP contribution >= 0.6 is 22.6 Å². The van der Waals surface area contributed by atoms with Crippen molar-refractivity contribution >= 4 is 34.3 Å². The Bertz CT molecular complexity index is 634. The molecule has 92 valence electrons. The van der Waals surface area contributed by atoms with Crippen molar-refractivity contribution in [2.24, 2.45) is 0 Å². The molecular formula is C11H8IN3O3. The summed E-state index contributed by atoms with van der Waals surface area (Å²) in [6, 6.07) is 7.30. The van der Waals surface area contributed by atoms with E-state index in [2.05, 4.69) is 15.5 Å². The number of carbonyl (C=O) groups excluding carboxylic acids is 1. The zero-order chi connectivity index (χ0) is 13.1. The summed E-state index contributed by atoms with van der Waals surface area (Å²) in [5.41, 5.74) is -0.208. The van der Waals surface area contributed by atoms with Crippen LogP contribution in [-0.4, -0.2) is 21.2 Å². The number of aromatic hydroxyl groups is 1. The van der Waals surface area contributed by atoms with Gasteiger partial charge in [-0.2, -0.15) is 5.10 Å². The number of anilines is 1. The first-order valence-electron chi connectivity index (χ1n) is 4.92. The SMILES string of the molecule is O=C(Nc1ccc(=O)[nH]n1)c1cc(I)ccc1O. The number of H-pyrrole nitrogens is 1. The summed E-state index contributed by atoms with van der Waals surface area (Å²) in [5.74, 6) is -0.402. The molecule has 0 fully saturated rings. The van der Waals surface area contributed by atoms with Gasteiger partial charge in [-0.15, -0.1) is 0 Å². The summed E-state index contributed by atoms with van der Waals surface area (Å²) >= 11 is 2.04. The molecule has 1 aromatic carbocycles. The van der Waals surface area contributed by atoms with Gasteiger partial charge in [0.25, 0.3) is 11.5 Å². The molecule has 0 aliphatic rings. The first-order chi connectivity index (χ1) is 8.56. The third-order valence-corrected chi connectivity index (χ3v) is 2.79. The summed E-state index contributed by atoms with van der Waals surface area (Å²) in [5, 5.41) is 17.9. The highest BCUT2D eigenvalue weighted by atomic mass is 127. The zero-order valence-electron chi connectivity index (χ0n) is 8.98. The second-order valence-electron chi connectivity index (χ2n) is 3.42. The van der Waals surface area contributed by atoms with Gasteiger partial charge in [0.1, 0.15) is 5.75 Å². The van der Waals surface area contributed by atoms with Gasteiger partial charge in [-0.3, -0.25) is 9.59 Å². The Morgan fingerprint density at radius 1 is 1.33 bits per heavy atom. The highest BCUT2D eigenvalue weighted by molar-refractivity contribution is 14.1. The zero-order valence-corrected chi connectivity index (χ0v) is 11.1. The van der Waals surface area contributed by atoms with Gasteiger partial charge in [0.15, 0.2) is 5.82 Å². The molecule has 1 aromatic heterocycles. The molecule has 0 atom stereocenters. The molecule has 0 aliphatic heterocycles. The minimum atomic E-state index is -0.495. The lowest BCUT2D eigenvalue weighted by Crippen LogP contribution is -2.16. The van der Waals surface area contributed by atoms with Crippen molar-refractivity contribution in [3.8, 4) is 5.75 Å². The number of phenols is 1. The number of hydrogen-bond acceptors (Lipinski definition) is 4. The molecule has 0 radical (unpaired) electrons. The second-order valence-corrected chi connectivity index (χ2v) is 4.67. The van der Waals surface area contributed by atoms with Crippen LogP contribution in [0.2, 0.25) is 0 Å². The molecule has 3 N–H and O–H groups in total. The van der Waals surface area contributed by atoms with Crippen LogP contribution in [0.25, 0.3) is 0 Å². The Hall–Kier alpha value is -1.90. The number of benzene rings is 1. The Labute approximate surface area is 115 Å². The summed E-state index contributed by atoms with van der Waals surface area (Å²) in [7, 11) is 0. The van der Waals surface area contributed by atoms with Gasteiger partial charge in [-0.05, 0) is 46.9 Å². The van der Waals surface area contributed by atoms with Crippen molar-refractivity contribution in [1.82, 2.24) is 10.2 Å². The first-order valence-corrected chi connectivity index (χ1v) is 6.00. The molecule has 1 heterocycles. The summed E-state index contributed by atoms with van der Waals surface area (Å²) in [6.45, 7) is 0. The standard InChI is InChI=1S/C11H8IN3O3/c12-6-1-2-8(16)7(5-6)11(18)13-9-3-4-10(17)15-14-9/h1-5,16H,(H,15,17)(H,13,14,18). The van der Waals surface area contributed by atoms with Gasteiger partial charge in [0.05, 0.1) is 5.56 Å². The van der Waals surface area contributed by atoms with Crippen molar-refractivity contribution in [3.05, 3.63) is 49.8 Å². The Morgan fingerprint density at radius 3 is 2.78 bits per heavy atom. The summed E-state index contributed by atoms with van der Waals surface area (Å²) in [6.07, 6.45) is 0. The lowest BCUT2D eigenvalue weighted by molar-refractivity contribution is 0.102. The van der Waals surface area contributed by atoms with Gasteiger partial charge in [-0.1, -0.05) is 0 Å². The minimum absolute atomic E-state index is 0.114. The third-order valence-electron chi connectivity index (χ3n) is 2.12. The van der Waals surface area contributed by atoms with Crippen molar-refractivity contribution in [3.63, 3.8) is 0 Å². The summed E-state index contributed by atoms with van der Waals surface area (Å²) in [4.78, 5) is 22.7. The predicted molar refractivity (Wildman–Crippen MR) is 73.6 cm³/mol. The molecule has 2 rings (SSSR count). The number of aromatic nitrogens is 2. The van der Waals surface area contributed by atoms with E-state index in [1.54, 1.807) is 12.1 Å². The molecule has 0 aliphatic carbocycles. The number of phenolic OH excluding ortho intramolecular Hbond substituents is 1. The number of rotatable bonds is 2. The molecule has 2 aromatic rings. The molecule has 0 saturated heterocycles. The quantitative estimate of drug-likeness (QED) is 0.707. The van der Waals surface area contributed by atoms with E-state index in [0.717, 1.165) is 3.57 Å². The summed E-state index contributed by atoms with van der Waals surface area (Å²) < 4.78 is 0.824. The number of hydrogen-bond donors (Lipinski definition) is 3. The normalized spacial score (nSPS) is 10.1. The Balaban J connectivity index is 2.24. The molecule has 6 nitrogen and oxygen atoms in total. The first kappa shape index (κ1) is 12.6. The highest BCUT2D eigenvalue weighted by Crippen LogP contribution is 2.20. The number of aromatic amines is 1. The van der Waals surface area contributed by atoms with E-state index < -0.39 is 5.91 Å². The number of halogens is 1. The van der Waals surface area contributed by atoms with E-state index in [4.69, 9.17) is 0 Å². The van der Waals surface area contributed by atoms with E-state index in [1.165, 1.54) is 18.2 Å². The average molecular weight is 357 g/mol. The molecule has 0 bridgehead atoms. The lowest BCUT2D eigenvalue weighted by atomic mass is 10.2. The number of nitrogens with one attached hydrogen (secondary N) is 2. The number of amides is 1. The maximum atomic E-state index is 11.9. The smallest absolute Gasteiger partial charge is 0.264 e. The fourth-order valence-corrected chi connectivity index (χ4v) is 1.78. The fraction of sp³-hybridized carbons (Fsp3) is 0. The number of nitrogens with zero attached hydrogens (tertiary/aromatic N) is 1. The van der Waals surface area contributed by atoms with E-state index in [9.17, 15) is 14.7 Å². The lowest BCUT2D eigenvalue weighted by Gasteiger charge is -2.05. The van der Waals surface area contributed by atoms with Crippen LogP contribution in [0.4, 0.5) is 5.82 Å². The average Bonchev–Trinajstić information content (AvgIpc) is 2.35. The third kappa shape index (κ3) is 2.86. The van der Waals surface area contributed by atoms with E-state index in [0.29, 0.717) is 0 Å². The van der Waals surface area contributed by atoms with E-state index in [-0.39, 0.29) is 22.7 Å². The van der Waals surface area contributed by atoms with Gasteiger partial charge in [-0.25, -0.2) is 5.10 Å². The predicted octanol–water partition coefficient (Wildman–Crippen LogP) is 1.33. The van der Waals surface area contributed by atoms with Crippen LogP contribution in [0, 0.1) is 3.57 Å². The van der Waals surface area contributed by atoms with Crippen molar-refractivity contribution in [1.29, 1.82) is 0 Å². The van der Waals surface area contributed by atoms with Crippen molar-refractivity contribution in [2.75, 3.05) is 5.32 Å². The molecule has 1 amide bonds. The Morgan fingerprint density at radius 2 is 2.11 bits per heavy atom. The van der Waals surface area contributed by atoms with E-state index in [1.807, 2.05) is 22.6 Å². The topological polar surface area (TPSA) is 95.1 Å². The van der Waals surface area contributed by atoms with Crippen LogP contribution in [0.3, 0.4) is 0 Å². The molecule has 18 heavy (non-hydrogen) atoms. The molecule has 0 spiro atoms. The van der Waals surface area contributed by atoms with Crippen molar-refractivity contribution in [2.45, 2.75) is 0 Å². The van der Waals surface area contributed by atoms with Gasteiger partial charge >= 0.3 is 0 Å². The minimum Gasteiger partial charge on any atom is -0.507 e. The van der Waals surface area contributed by atoms with Crippen LogP contribution in [0.1, 0.15) is 10.4 Å². The van der Waals surface area contributed by atoms with Gasteiger partial charge in [0, 0.05) is 9.64 Å². The van der Waals surface area contributed by atoms with Crippen LogP contribution < -0.4 is 10.9 Å².